The normalized spacial score (nSPS) is 10.4. The molecule has 0 unspecified atom stereocenters. The minimum Gasteiger partial charge on any atom is -0.497 e. The third-order valence-corrected chi connectivity index (χ3v) is 2.69. The summed E-state index contributed by atoms with van der Waals surface area (Å²) in [6.45, 7) is 0.0602. The van der Waals surface area contributed by atoms with Crippen LogP contribution in [0.2, 0.25) is 0 Å². The zero-order valence-corrected chi connectivity index (χ0v) is 10.3. The van der Waals surface area contributed by atoms with E-state index in [1.165, 1.54) is 10.7 Å². The molecule has 1 aromatic heterocycles. The summed E-state index contributed by atoms with van der Waals surface area (Å²) in [5.41, 5.74) is 1.32. The molecule has 0 aliphatic carbocycles. The average Bonchev–Trinajstić information content (AvgIpc) is 2.83. The molecule has 7 nitrogen and oxygen atoms in total. The van der Waals surface area contributed by atoms with E-state index in [4.69, 9.17) is 4.74 Å². The maximum Gasteiger partial charge on any atom is 0.390 e. The molecule has 0 amide bonds. The molecule has 0 spiro atoms. The van der Waals surface area contributed by atoms with Crippen molar-refractivity contribution in [1.29, 1.82) is 0 Å². The van der Waals surface area contributed by atoms with Gasteiger partial charge in [-0.05, 0) is 22.6 Å². The van der Waals surface area contributed by atoms with Gasteiger partial charge in [-0.1, -0.05) is 12.1 Å². The van der Waals surface area contributed by atoms with Crippen LogP contribution in [-0.4, -0.2) is 26.9 Å². The molecule has 0 saturated carbocycles. The van der Waals surface area contributed by atoms with Gasteiger partial charge in [-0.15, -0.1) is 0 Å². The SMILES string of the molecule is COc1ccc(Cn2nc([N+](=O)[O-])cc2CO)cc1. The van der Waals surface area contributed by atoms with Gasteiger partial charge in [-0.25, -0.2) is 0 Å². The first-order valence-corrected chi connectivity index (χ1v) is 5.59. The predicted octanol–water partition coefficient (Wildman–Crippen LogP) is 1.34. The van der Waals surface area contributed by atoms with E-state index in [0.29, 0.717) is 12.2 Å². The molecule has 0 radical (unpaired) electrons. The first-order chi connectivity index (χ1) is 9.13. The monoisotopic (exact) mass is 263 g/mol. The number of nitrogens with zero attached hydrogens (tertiary/aromatic N) is 3. The molecule has 0 aliphatic rings. The largest absolute Gasteiger partial charge is 0.497 e. The molecule has 100 valence electrons. The molecule has 2 rings (SSSR count). The highest BCUT2D eigenvalue weighted by Gasteiger charge is 2.17. The molecule has 7 heteroatoms. The lowest BCUT2D eigenvalue weighted by molar-refractivity contribution is -0.389. The van der Waals surface area contributed by atoms with Gasteiger partial charge >= 0.3 is 5.82 Å². The van der Waals surface area contributed by atoms with E-state index in [0.717, 1.165) is 11.3 Å². The Hall–Kier alpha value is -2.41. The Balaban J connectivity index is 2.23. The van der Waals surface area contributed by atoms with Gasteiger partial charge in [-0.2, -0.15) is 4.68 Å². The summed E-state index contributed by atoms with van der Waals surface area (Å²) in [4.78, 5) is 10.1. The summed E-state index contributed by atoms with van der Waals surface area (Å²) in [6.07, 6.45) is 0. The van der Waals surface area contributed by atoms with Crippen molar-refractivity contribution in [2.45, 2.75) is 13.2 Å². The van der Waals surface area contributed by atoms with Crippen molar-refractivity contribution < 1.29 is 14.8 Å². The van der Waals surface area contributed by atoms with Gasteiger partial charge in [-0.3, -0.25) is 0 Å². The Labute approximate surface area is 109 Å². The average molecular weight is 263 g/mol. The summed E-state index contributed by atoms with van der Waals surface area (Å²) in [7, 11) is 1.58. The van der Waals surface area contributed by atoms with E-state index in [2.05, 4.69) is 5.10 Å². The third-order valence-electron chi connectivity index (χ3n) is 2.69. The number of hydrogen-bond acceptors (Lipinski definition) is 5. The Kier molecular flexibility index (Phi) is 3.76. The van der Waals surface area contributed by atoms with Crippen LogP contribution in [-0.2, 0) is 13.2 Å². The van der Waals surface area contributed by atoms with Crippen LogP contribution in [0.4, 0.5) is 5.82 Å². The van der Waals surface area contributed by atoms with Gasteiger partial charge in [0.15, 0.2) is 0 Å². The first-order valence-electron chi connectivity index (χ1n) is 5.59. The van der Waals surface area contributed by atoms with Gasteiger partial charge in [0, 0.05) is 0 Å². The fourth-order valence-corrected chi connectivity index (χ4v) is 1.70. The summed E-state index contributed by atoms with van der Waals surface area (Å²) in [5, 5.41) is 23.7. The van der Waals surface area contributed by atoms with Crippen LogP contribution in [0.3, 0.4) is 0 Å². The standard InChI is InChI=1S/C12H13N3O4/c1-19-11-4-2-9(3-5-11)7-14-10(8-16)6-12(13-14)15(17)18/h2-6,16H,7-8H2,1H3. The summed E-state index contributed by atoms with van der Waals surface area (Å²) >= 11 is 0. The smallest absolute Gasteiger partial charge is 0.390 e. The molecule has 19 heavy (non-hydrogen) atoms. The van der Waals surface area contributed by atoms with E-state index in [1.807, 2.05) is 12.1 Å². The van der Waals surface area contributed by atoms with Crippen LogP contribution in [0, 0.1) is 10.1 Å². The number of methoxy groups -OCH3 is 1. The molecule has 0 fully saturated rings. The number of aliphatic hydroxyl groups excluding tert-OH is 1. The number of ether oxygens (including phenoxy) is 1. The van der Waals surface area contributed by atoms with E-state index >= 15 is 0 Å². The van der Waals surface area contributed by atoms with Crippen molar-refractivity contribution in [2.75, 3.05) is 7.11 Å². The molecule has 0 atom stereocenters. The van der Waals surface area contributed by atoms with Crippen LogP contribution < -0.4 is 4.74 Å². The van der Waals surface area contributed by atoms with Gasteiger partial charge in [0.1, 0.15) is 5.75 Å². The number of aromatic nitrogens is 2. The lowest BCUT2D eigenvalue weighted by Crippen LogP contribution is -2.06. The number of hydrogen-bond donors (Lipinski definition) is 1. The van der Waals surface area contributed by atoms with Gasteiger partial charge in [0.2, 0.25) is 0 Å². The van der Waals surface area contributed by atoms with Crippen molar-refractivity contribution in [3.63, 3.8) is 0 Å². The van der Waals surface area contributed by atoms with Crippen LogP contribution in [0.5, 0.6) is 5.75 Å². The van der Waals surface area contributed by atoms with Crippen molar-refractivity contribution in [1.82, 2.24) is 9.78 Å². The van der Waals surface area contributed by atoms with Gasteiger partial charge in [0.25, 0.3) is 0 Å². The summed E-state index contributed by atoms with van der Waals surface area (Å²) in [5.74, 6) is 0.468. The van der Waals surface area contributed by atoms with Gasteiger partial charge < -0.3 is 20.0 Å². The first kappa shape index (κ1) is 13.0. The molecule has 1 N–H and O–H groups in total. The molecule has 2 aromatic rings. The maximum absolute atomic E-state index is 10.6. The Morgan fingerprint density at radius 2 is 2.11 bits per heavy atom. The van der Waals surface area contributed by atoms with Crippen LogP contribution in [0.25, 0.3) is 0 Å². The lowest BCUT2D eigenvalue weighted by atomic mass is 10.2. The Morgan fingerprint density at radius 3 is 2.63 bits per heavy atom. The highest BCUT2D eigenvalue weighted by molar-refractivity contribution is 5.28. The van der Waals surface area contributed by atoms with E-state index in [-0.39, 0.29) is 12.4 Å². The summed E-state index contributed by atoms with van der Waals surface area (Å²) < 4.78 is 6.46. The fraction of sp³-hybridized carbons (Fsp3) is 0.250. The zero-order chi connectivity index (χ0) is 13.8. The second-order valence-electron chi connectivity index (χ2n) is 3.91. The predicted molar refractivity (Wildman–Crippen MR) is 66.9 cm³/mol. The van der Waals surface area contributed by atoms with Crippen LogP contribution in [0.1, 0.15) is 11.3 Å². The van der Waals surface area contributed by atoms with E-state index in [9.17, 15) is 15.2 Å². The minimum atomic E-state index is -0.580. The highest BCUT2D eigenvalue weighted by Crippen LogP contribution is 2.16. The number of aliphatic hydroxyl groups is 1. The fourth-order valence-electron chi connectivity index (χ4n) is 1.70. The summed E-state index contributed by atoms with van der Waals surface area (Å²) in [6, 6.07) is 8.54. The van der Waals surface area contributed by atoms with Crippen molar-refractivity contribution in [3.8, 4) is 5.75 Å². The highest BCUT2D eigenvalue weighted by atomic mass is 16.6. The number of nitro groups is 1. The van der Waals surface area contributed by atoms with Gasteiger partial charge in [0.05, 0.1) is 37.1 Å². The molecule has 1 aromatic carbocycles. The maximum atomic E-state index is 10.6. The minimum absolute atomic E-state index is 0.266. The van der Waals surface area contributed by atoms with Crippen LogP contribution in [0.15, 0.2) is 30.3 Å². The topological polar surface area (TPSA) is 90.4 Å². The number of benzene rings is 1. The van der Waals surface area contributed by atoms with Crippen LogP contribution >= 0.6 is 0 Å². The second-order valence-corrected chi connectivity index (χ2v) is 3.91. The molecule has 0 saturated heterocycles. The van der Waals surface area contributed by atoms with Crippen molar-refractivity contribution in [2.24, 2.45) is 0 Å². The number of rotatable bonds is 5. The Morgan fingerprint density at radius 1 is 1.42 bits per heavy atom. The van der Waals surface area contributed by atoms with Crippen molar-refractivity contribution in [3.05, 3.63) is 51.7 Å². The quantitative estimate of drug-likeness (QED) is 0.649. The molecule has 1 heterocycles. The second kappa shape index (κ2) is 5.49. The zero-order valence-electron chi connectivity index (χ0n) is 10.3. The Bertz CT molecular complexity index is 577. The molecular weight excluding hydrogens is 250 g/mol. The molecule has 0 bridgehead atoms. The molecule has 0 aliphatic heterocycles. The van der Waals surface area contributed by atoms with E-state index < -0.39 is 4.92 Å². The van der Waals surface area contributed by atoms with E-state index in [1.54, 1.807) is 19.2 Å². The van der Waals surface area contributed by atoms with Crippen molar-refractivity contribution >= 4 is 5.82 Å². The lowest BCUT2D eigenvalue weighted by Gasteiger charge is -2.03. The molecular formula is C12H13N3O4. The third kappa shape index (κ3) is 2.89.